The van der Waals surface area contributed by atoms with Crippen LogP contribution in [0.25, 0.3) is 0 Å². The zero-order valence-electron chi connectivity index (χ0n) is 26.3. The number of carbonyl (C=O) groups is 3. The maximum Gasteiger partial charge on any atom is 0.409 e. The molecule has 4 bridgehead atoms. The molecule has 1 aromatic carbocycles. The zero-order valence-corrected chi connectivity index (χ0v) is 27.1. The number of aliphatic hydroxyl groups is 1. The van der Waals surface area contributed by atoms with E-state index in [4.69, 9.17) is 35.3 Å². The van der Waals surface area contributed by atoms with Gasteiger partial charge in [-0.1, -0.05) is 49.2 Å². The van der Waals surface area contributed by atoms with Crippen LogP contribution in [-0.2, 0) is 35.0 Å². The largest absolute Gasteiger partial charge is 0.495 e. The number of alkyl carbamates (subject to hydrolysis) is 1. The summed E-state index contributed by atoms with van der Waals surface area (Å²) in [7, 11) is 4.57. The highest BCUT2D eigenvalue weighted by Crippen LogP contribution is 2.49. The van der Waals surface area contributed by atoms with Gasteiger partial charge in [-0.25, -0.2) is 4.79 Å². The highest BCUT2D eigenvalue weighted by molar-refractivity contribution is 6.35. The molecule has 11 nitrogen and oxygen atoms in total. The molecule has 2 fully saturated rings. The fraction of sp³-hybridized carbons (Fsp3) is 0.594. The van der Waals surface area contributed by atoms with Crippen LogP contribution in [0.2, 0.25) is 5.02 Å². The third-order valence-corrected chi connectivity index (χ3v) is 9.06. The number of hydrogen-bond acceptors (Lipinski definition) is 9. The molecule has 0 saturated carbocycles. The summed E-state index contributed by atoms with van der Waals surface area (Å²) < 4.78 is 28.8. The maximum absolute atomic E-state index is 13.8. The summed E-state index contributed by atoms with van der Waals surface area (Å²) in [6.07, 6.45) is 2.47. The number of nitrogens with one attached hydrogen (secondary N) is 1. The van der Waals surface area contributed by atoms with Gasteiger partial charge in [0, 0.05) is 32.9 Å². The number of methoxy groups -OCH3 is 2. The number of hydrogen-bond donors (Lipinski definition) is 2. The molecular weight excluding hydrogens is 592 g/mol. The Hall–Kier alpha value is -3.12. The number of carbonyl (C=O) groups excluding carboxylic acids is 3. The highest BCUT2D eigenvalue weighted by Gasteiger charge is 2.64. The molecule has 0 radical (unpaired) electrons. The second kappa shape index (κ2) is 13.5. The summed E-state index contributed by atoms with van der Waals surface area (Å²) in [5, 5.41) is 14.4. The number of halogens is 1. The summed E-state index contributed by atoms with van der Waals surface area (Å²) in [6, 6.07) is 3.64. The first kappa shape index (κ1) is 33.8. The molecule has 3 aliphatic rings. The van der Waals surface area contributed by atoms with Gasteiger partial charge in [-0.05, 0) is 44.4 Å². The van der Waals surface area contributed by atoms with Crippen LogP contribution in [0.4, 0.5) is 10.5 Å². The van der Waals surface area contributed by atoms with E-state index in [9.17, 15) is 19.5 Å². The minimum Gasteiger partial charge on any atom is -0.495 e. The lowest BCUT2D eigenvalue weighted by molar-refractivity contribution is -0.153. The average molecular weight is 635 g/mol. The Morgan fingerprint density at radius 2 is 2.00 bits per heavy atom. The van der Waals surface area contributed by atoms with Crippen LogP contribution in [0, 0.1) is 5.92 Å². The quantitative estimate of drug-likeness (QED) is 0.355. The number of allylic oxidation sites excluding steroid dienone is 3. The van der Waals surface area contributed by atoms with Crippen molar-refractivity contribution in [2.75, 3.05) is 26.2 Å². The molecule has 7 atom stereocenters. The lowest BCUT2D eigenvalue weighted by Gasteiger charge is -2.42. The van der Waals surface area contributed by atoms with Crippen LogP contribution in [0.3, 0.4) is 0 Å². The van der Waals surface area contributed by atoms with Crippen molar-refractivity contribution in [1.82, 2.24) is 5.32 Å². The highest BCUT2D eigenvalue weighted by atomic mass is 35.5. The van der Waals surface area contributed by atoms with Crippen LogP contribution in [-0.4, -0.2) is 80.1 Å². The number of nitrogens with zero attached hydrogens (tertiary/aromatic N) is 1. The van der Waals surface area contributed by atoms with Crippen molar-refractivity contribution in [3.8, 4) is 5.75 Å². The number of fused-ring (bicyclic) bond motifs is 5. The van der Waals surface area contributed by atoms with Crippen molar-refractivity contribution in [1.29, 1.82) is 0 Å². The Labute approximate surface area is 263 Å². The molecule has 12 heteroatoms. The fourth-order valence-electron chi connectivity index (χ4n) is 6.03. The van der Waals surface area contributed by atoms with E-state index in [-0.39, 0.29) is 30.2 Å². The van der Waals surface area contributed by atoms with Gasteiger partial charge in [-0.15, -0.1) is 0 Å². The second-order valence-corrected chi connectivity index (χ2v) is 12.4. The molecule has 4 rings (SSSR count). The third kappa shape index (κ3) is 7.06. The SMILES string of the molecule is CCCC(=O)O[C@H]1CC(=O)N(C)c2cc(cc(OC)c2Cl)C/C(C)=C/C=C/[C@@H](OC)[C@@]2(O)C[C@H](OC(=O)N2)[C@@H](C)[C@@H]2O[C@@]12C. The van der Waals surface area contributed by atoms with Gasteiger partial charge in [0.15, 0.2) is 5.72 Å². The first-order chi connectivity index (χ1) is 20.8. The summed E-state index contributed by atoms with van der Waals surface area (Å²) in [5.74, 6) is -0.813. The standard InChI is InChI=1S/C32H43ClN2O9/c1-8-10-27(37)43-25-16-26(36)35(5)21-14-20(15-22(40-6)28(21)33)13-18(2)11-9-12-24(41-7)32(39)17-23(42-30(38)34-32)19(3)29-31(25,4)44-29/h9,11-12,14-15,19,23-25,29,39H,8,10,13,16-17H2,1-7H3,(H,34,38)/b12-9+,18-11+/t19-,23+,24-,25+,29+,31+,32+/m1/s1. The van der Waals surface area contributed by atoms with Gasteiger partial charge in [0.25, 0.3) is 0 Å². The molecule has 3 heterocycles. The first-order valence-corrected chi connectivity index (χ1v) is 15.2. The number of benzene rings is 1. The Balaban J connectivity index is 1.79. The molecule has 1 aromatic rings. The third-order valence-electron chi connectivity index (χ3n) is 8.68. The number of amides is 2. The lowest BCUT2D eigenvalue weighted by atomic mass is 9.83. The van der Waals surface area contributed by atoms with Crippen LogP contribution < -0.4 is 15.0 Å². The molecule has 0 unspecified atom stereocenters. The van der Waals surface area contributed by atoms with Crippen molar-refractivity contribution in [3.05, 3.63) is 46.5 Å². The van der Waals surface area contributed by atoms with E-state index in [0.717, 1.165) is 11.1 Å². The topological polar surface area (TPSA) is 136 Å². The van der Waals surface area contributed by atoms with E-state index < -0.39 is 53.7 Å². The van der Waals surface area contributed by atoms with Crippen LogP contribution >= 0.6 is 11.6 Å². The predicted molar refractivity (Wildman–Crippen MR) is 164 cm³/mol. The lowest BCUT2D eigenvalue weighted by Crippen LogP contribution is -2.63. The number of ether oxygens (including phenoxy) is 5. The minimum atomic E-state index is -1.76. The second-order valence-electron chi connectivity index (χ2n) is 12.0. The Morgan fingerprint density at radius 1 is 1.27 bits per heavy atom. The molecule has 2 N–H and O–H groups in total. The van der Waals surface area contributed by atoms with Gasteiger partial charge in [0.05, 0.1) is 25.3 Å². The monoisotopic (exact) mass is 634 g/mol. The minimum absolute atomic E-state index is 0.00742. The maximum atomic E-state index is 13.8. The van der Waals surface area contributed by atoms with Crippen molar-refractivity contribution in [3.63, 3.8) is 0 Å². The van der Waals surface area contributed by atoms with Crippen LogP contribution in [0.15, 0.2) is 35.9 Å². The molecule has 242 valence electrons. The Kier molecular flexibility index (Phi) is 10.3. The predicted octanol–water partition coefficient (Wildman–Crippen LogP) is 4.47. The van der Waals surface area contributed by atoms with E-state index >= 15 is 0 Å². The number of rotatable bonds is 5. The zero-order chi connectivity index (χ0) is 32.4. The van der Waals surface area contributed by atoms with Crippen molar-refractivity contribution in [2.24, 2.45) is 5.92 Å². The van der Waals surface area contributed by atoms with Crippen molar-refractivity contribution in [2.45, 2.75) is 95.5 Å². The van der Waals surface area contributed by atoms with Gasteiger partial charge in [0.1, 0.15) is 34.7 Å². The van der Waals surface area contributed by atoms with Crippen LogP contribution in [0.5, 0.6) is 5.75 Å². The van der Waals surface area contributed by atoms with E-state index in [1.165, 1.54) is 19.1 Å². The van der Waals surface area contributed by atoms with Gasteiger partial charge in [-0.2, -0.15) is 0 Å². The van der Waals surface area contributed by atoms with E-state index in [1.807, 2.05) is 39.0 Å². The van der Waals surface area contributed by atoms with Crippen molar-refractivity contribution < 1.29 is 43.2 Å². The van der Waals surface area contributed by atoms with E-state index in [2.05, 4.69) is 5.32 Å². The molecule has 2 amide bonds. The van der Waals surface area contributed by atoms with Gasteiger partial charge in [0.2, 0.25) is 5.91 Å². The molecule has 0 aliphatic carbocycles. The number of anilines is 1. The summed E-state index contributed by atoms with van der Waals surface area (Å²) in [5.41, 5.74) is -0.561. The number of epoxide rings is 1. The van der Waals surface area contributed by atoms with E-state index in [1.54, 1.807) is 26.1 Å². The van der Waals surface area contributed by atoms with Gasteiger partial charge < -0.3 is 33.7 Å². The van der Waals surface area contributed by atoms with E-state index in [0.29, 0.717) is 24.3 Å². The molecule has 3 aliphatic heterocycles. The van der Waals surface area contributed by atoms with Crippen molar-refractivity contribution >= 4 is 35.3 Å². The Bertz CT molecular complexity index is 1330. The summed E-state index contributed by atoms with van der Waals surface area (Å²) >= 11 is 6.68. The number of esters is 1. The Morgan fingerprint density at radius 3 is 2.66 bits per heavy atom. The normalized spacial score (nSPS) is 34.5. The molecule has 0 aromatic heterocycles. The fourth-order valence-corrected chi connectivity index (χ4v) is 6.34. The molecular formula is C32H43ClN2O9. The smallest absolute Gasteiger partial charge is 0.409 e. The van der Waals surface area contributed by atoms with Crippen LogP contribution in [0.1, 0.15) is 58.9 Å². The average Bonchev–Trinajstić information content (AvgIpc) is 3.66. The van der Waals surface area contributed by atoms with Gasteiger partial charge >= 0.3 is 12.1 Å². The first-order valence-electron chi connectivity index (χ1n) is 14.8. The summed E-state index contributed by atoms with van der Waals surface area (Å²) in [6.45, 7) is 7.41. The molecule has 44 heavy (non-hydrogen) atoms. The van der Waals surface area contributed by atoms with Gasteiger partial charge in [-0.3, -0.25) is 14.9 Å². The summed E-state index contributed by atoms with van der Waals surface area (Å²) in [4.78, 5) is 40.6. The molecule has 2 saturated heterocycles. The molecule has 0 spiro atoms.